The van der Waals surface area contributed by atoms with Crippen LogP contribution in [0.25, 0.3) is 0 Å². The zero-order chi connectivity index (χ0) is 35.2. The second-order valence-electron chi connectivity index (χ2n) is 14.4. The zero-order valence-electron chi connectivity index (χ0n) is 29.0. The number of nitriles is 1. The van der Waals surface area contributed by atoms with Gasteiger partial charge >= 0.3 is 5.76 Å². The molecule has 3 aromatic rings. The third-order valence-corrected chi connectivity index (χ3v) is 11.4. The minimum atomic E-state index is -1.05. The number of piperidine rings is 1. The van der Waals surface area contributed by atoms with Crippen LogP contribution in [-0.2, 0) is 23.1 Å². The molecule has 0 bridgehead atoms. The molecule has 0 radical (unpaired) electrons. The highest BCUT2D eigenvalue weighted by molar-refractivity contribution is 5.95. The van der Waals surface area contributed by atoms with Gasteiger partial charge in [0, 0.05) is 37.3 Å². The number of aromatic nitrogens is 2. The Balaban J connectivity index is 1.38. The van der Waals surface area contributed by atoms with Crippen molar-refractivity contribution >= 4 is 17.7 Å². The van der Waals surface area contributed by atoms with Crippen LogP contribution in [0, 0.1) is 17.2 Å². The normalized spacial score (nSPS) is 22.7. The average Bonchev–Trinajstić information content (AvgIpc) is 3.67. The lowest BCUT2D eigenvalue weighted by Crippen LogP contribution is -2.47. The molecular formula is C38H45N7O5. The van der Waals surface area contributed by atoms with E-state index in [1.165, 1.54) is 0 Å². The number of hydrogen-bond donors (Lipinski definition) is 3. The third-order valence-electron chi connectivity index (χ3n) is 11.4. The molecule has 262 valence electrons. The number of fused-ring (bicyclic) bond motifs is 3. The van der Waals surface area contributed by atoms with E-state index in [1.807, 2.05) is 43.3 Å². The van der Waals surface area contributed by atoms with Crippen molar-refractivity contribution in [1.82, 2.24) is 30.6 Å². The fraction of sp³-hybridized carbons (Fsp3) is 0.526. The van der Waals surface area contributed by atoms with E-state index in [4.69, 9.17) is 4.52 Å². The van der Waals surface area contributed by atoms with Gasteiger partial charge in [0.15, 0.2) is 5.82 Å². The number of likely N-dealkylation sites (tertiary alicyclic amines) is 1. The van der Waals surface area contributed by atoms with Crippen molar-refractivity contribution in [1.29, 1.82) is 5.26 Å². The van der Waals surface area contributed by atoms with E-state index in [-0.39, 0.29) is 48.4 Å². The quantitative estimate of drug-likeness (QED) is 0.310. The van der Waals surface area contributed by atoms with Crippen LogP contribution in [0.5, 0.6) is 0 Å². The lowest BCUT2D eigenvalue weighted by molar-refractivity contribution is -0.131. The largest absolute Gasteiger partial charge is 0.459 e. The summed E-state index contributed by atoms with van der Waals surface area (Å²) in [7, 11) is 3.21. The van der Waals surface area contributed by atoms with Crippen LogP contribution in [0.4, 0.5) is 0 Å². The molecule has 50 heavy (non-hydrogen) atoms. The summed E-state index contributed by atoms with van der Waals surface area (Å²) >= 11 is 0. The molecule has 2 saturated carbocycles. The summed E-state index contributed by atoms with van der Waals surface area (Å²) in [4.78, 5) is 58.9. The summed E-state index contributed by atoms with van der Waals surface area (Å²) in [6, 6.07) is 13.1. The number of benzene rings is 2. The van der Waals surface area contributed by atoms with Gasteiger partial charge in [0.1, 0.15) is 6.04 Å². The topological polar surface area (TPSA) is 162 Å². The molecule has 4 atom stereocenters. The molecule has 3 amide bonds. The molecule has 7 rings (SSSR count). The van der Waals surface area contributed by atoms with Gasteiger partial charge in [-0.15, -0.1) is 0 Å². The Bertz CT molecular complexity index is 1850. The van der Waals surface area contributed by atoms with Crippen LogP contribution in [-0.4, -0.2) is 71.1 Å². The van der Waals surface area contributed by atoms with Crippen molar-refractivity contribution in [3.8, 4) is 6.07 Å². The van der Waals surface area contributed by atoms with Gasteiger partial charge in [-0.05, 0) is 104 Å². The van der Waals surface area contributed by atoms with E-state index in [0.29, 0.717) is 42.1 Å². The van der Waals surface area contributed by atoms with E-state index in [1.54, 1.807) is 23.7 Å². The monoisotopic (exact) mass is 679 g/mol. The summed E-state index contributed by atoms with van der Waals surface area (Å²) < 4.78 is 7.70. The first-order valence-electron chi connectivity index (χ1n) is 17.9. The first-order valence-corrected chi connectivity index (χ1v) is 17.9. The standard InChI is InChI=1S/C38H45N7O5/c1-22(42-21-33(46)44-29(20-39)17-27-18-32(27)44)19-38(36-43-37(49)50-45(36)28-7-5-4-6-8-28)30-13-11-25(34(47)40-2)15-23(30)9-10-24-16-26(35(48)41-3)12-14-31(24)38/h11-16,22,27-29,32,42H,4-10,17-19,21H2,1-3H3,(H,40,47)(H,41,48)/t22-,27+,29-,32-/m0/s1. The number of amides is 3. The summed E-state index contributed by atoms with van der Waals surface area (Å²) in [6.07, 6.45) is 8.12. The van der Waals surface area contributed by atoms with E-state index in [2.05, 4.69) is 27.0 Å². The second kappa shape index (κ2) is 13.5. The molecule has 3 fully saturated rings. The van der Waals surface area contributed by atoms with Gasteiger partial charge in [0.2, 0.25) is 5.91 Å². The van der Waals surface area contributed by atoms with Crippen LogP contribution in [0.2, 0.25) is 0 Å². The Morgan fingerprint density at radius 1 is 0.980 bits per heavy atom. The molecule has 1 aliphatic heterocycles. The summed E-state index contributed by atoms with van der Waals surface area (Å²) in [5.41, 5.74) is 3.67. The molecule has 12 heteroatoms. The summed E-state index contributed by atoms with van der Waals surface area (Å²) in [5.74, 6) is -0.253. The van der Waals surface area contributed by atoms with Gasteiger partial charge in [0.05, 0.1) is 24.1 Å². The van der Waals surface area contributed by atoms with Crippen molar-refractivity contribution in [2.75, 3.05) is 20.6 Å². The Morgan fingerprint density at radius 2 is 1.60 bits per heavy atom. The van der Waals surface area contributed by atoms with Crippen molar-refractivity contribution in [3.05, 3.63) is 86.2 Å². The fourth-order valence-corrected chi connectivity index (χ4v) is 8.92. The SMILES string of the molecule is CNC(=O)c1ccc2c(c1)CCc1cc(C(=O)NC)ccc1C2(C[C@H](C)NCC(=O)N1[C@H](C#N)C[C@@H]2C[C@@H]21)c1nc(=O)on1C1CCCCC1. The molecular weight excluding hydrogens is 634 g/mol. The Kier molecular flexibility index (Phi) is 9.11. The van der Waals surface area contributed by atoms with Crippen LogP contribution in [0.1, 0.15) is 113 Å². The molecule has 0 spiro atoms. The van der Waals surface area contributed by atoms with Crippen molar-refractivity contribution in [2.24, 2.45) is 5.92 Å². The smallest absolute Gasteiger partial charge is 0.355 e. The molecule has 0 unspecified atom stereocenters. The van der Waals surface area contributed by atoms with Gasteiger partial charge in [-0.3, -0.25) is 14.4 Å². The maximum Gasteiger partial charge on any atom is 0.459 e. The molecule has 1 saturated heterocycles. The molecule has 1 aromatic heterocycles. The number of aryl methyl sites for hydroxylation is 2. The lowest BCUT2D eigenvalue weighted by Gasteiger charge is -2.39. The highest BCUT2D eigenvalue weighted by Gasteiger charge is 2.54. The minimum Gasteiger partial charge on any atom is -0.355 e. The minimum absolute atomic E-state index is 0.0503. The van der Waals surface area contributed by atoms with Crippen LogP contribution in [0.15, 0.2) is 45.7 Å². The third kappa shape index (κ3) is 5.91. The zero-order valence-corrected chi connectivity index (χ0v) is 29.0. The second-order valence-corrected chi connectivity index (χ2v) is 14.4. The Morgan fingerprint density at radius 3 is 2.18 bits per heavy atom. The first-order chi connectivity index (χ1) is 24.2. The summed E-state index contributed by atoms with van der Waals surface area (Å²) in [6.45, 7) is 2.09. The number of nitrogens with zero attached hydrogens (tertiary/aromatic N) is 4. The summed E-state index contributed by atoms with van der Waals surface area (Å²) in [5, 5.41) is 18.6. The van der Waals surface area contributed by atoms with Crippen molar-refractivity contribution < 1.29 is 18.9 Å². The number of carbonyl (C=O) groups is 3. The van der Waals surface area contributed by atoms with E-state index >= 15 is 0 Å². The first kappa shape index (κ1) is 33.7. The number of carbonyl (C=O) groups excluding carboxylic acids is 3. The molecule has 3 aliphatic carbocycles. The fourth-order valence-electron chi connectivity index (χ4n) is 8.92. The van der Waals surface area contributed by atoms with Crippen LogP contribution in [0.3, 0.4) is 0 Å². The van der Waals surface area contributed by atoms with Crippen LogP contribution < -0.4 is 21.7 Å². The Hall–Kier alpha value is -4.76. The van der Waals surface area contributed by atoms with E-state index in [0.717, 1.165) is 67.2 Å². The predicted molar refractivity (Wildman–Crippen MR) is 185 cm³/mol. The Labute approximate surface area is 291 Å². The van der Waals surface area contributed by atoms with E-state index < -0.39 is 11.2 Å². The maximum atomic E-state index is 13.5. The maximum absolute atomic E-state index is 13.5. The number of nitrogens with one attached hydrogen (secondary N) is 3. The predicted octanol–water partition coefficient (Wildman–Crippen LogP) is 3.37. The van der Waals surface area contributed by atoms with Gasteiger partial charge < -0.3 is 25.4 Å². The molecule has 3 N–H and O–H groups in total. The van der Waals surface area contributed by atoms with Crippen molar-refractivity contribution in [3.63, 3.8) is 0 Å². The highest BCUT2D eigenvalue weighted by atomic mass is 16.5. The van der Waals surface area contributed by atoms with Gasteiger partial charge in [-0.2, -0.15) is 15.0 Å². The number of rotatable bonds is 9. The average molecular weight is 680 g/mol. The molecule has 2 aromatic carbocycles. The molecule has 2 heterocycles. The molecule has 12 nitrogen and oxygen atoms in total. The van der Waals surface area contributed by atoms with Gasteiger partial charge in [0.25, 0.3) is 11.8 Å². The van der Waals surface area contributed by atoms with E-state index in [9.17, 15) is 24.4 Å². The molecule has 4 aliphatic rings. The lowest BCUT2D eigenvalue weighted by atomic mass is 9.67. The number of hydrogen-bond acceptors (Lipinski definition) is 8. The van der Waals surface area contributed by atoms with Gasteiger partial charge in [-0.1, -0.05) is 31.4 Å². The van der Waals surface area contributed by atoms with Crippen LogP contribution >= 0.6 is 0 Å². The van der Waals surface area contributed by atoms with Gasteiger partial charge in [-0.25, -0.2) is 4.79 Å². The highest BCUT2D eigenvalue weighted by Crippen LogP contribution is 2.49. The van der Waals surface area contributed by atoms with Crippen molar-refractivity contribution in [2.45, 2.75) is 101 Å².